The highest BCUT2D eigenvalue weighted by molar-refractivity contribution is 5.34. The summed E-state index contributed by atoms with van der Waals surface area (Å²) in [6.45, 7) is 0.502. The van der Waals surface area contributed by atoms with E-state index in [0.717, 1.165) is 5.82 Å². The zero-order valence-corrected chi connectivity index (χ0v) is 9.73. The average Bonchev–Trinajstić information content (AvgIpc) is 2.88. The minimum Gasteiger partial charge on any atom is -0.497 e. The Morgan fingerprint density at radius 1 is 1.33 bits per heavy atom. The predicted molar refractivity (Wildman–Crippen MR) is 59.4 cm³/mol. The Morgan fingerprint density at radius 2 is 2.06 bits per heavy atom. The van der Waals surface area contributed by atoms with Crippen LogP contribution in [0, 0.1) is 11.6 Å². The lowest BCUT2D eigenvalue weighted by Gasteiger charge is -2.12. The van der Waals surface area contributed by atoms with Gasteiger partial charge < -0.3 is 9.30 Å². The van der Waals surface area contributed by atoms with E-state index >= 15 is 0 Å². The molecular weight excluding hydrogens is 240 g/mol. The molecule has 0 radical (unpaired) electrons. The molecule has 1 atom stereocenters. The van der Waals surface area contributed by atoms with E-state index in [-0.39, 0.29) is 17.2 Å². The summed E-state index contributed by atoms with van der Waals surface area (Å²) >= 11 is 0. The summed E-state index contributed by atoms with van der Waals surface area (Å²) < 4.78 is 34.5. The molecule has 1 unspecified atom stereocenters. The highest BCUT2D eigenvalue weighted by atomic mass is 19.1. The summed E-state index contributed by atoms with van der Waals surface area (Å²) in [4.78, 5) is 0. The second-order valence-corrected chi connectivity index (χ2v) is 4.31. The van der Waals surface area contributed by atoms with E-state index in [1.54, 1.807) is 6.33 Å². The largest absolute Gasteiger partial charge is 0.497 e. The first-order valence-corrected chi connectivity index (χ1v) is 5.58. The third-order valence-electron chi connectivity index (χ3n) is 3.24. The zero-order chi connectivity index (χ0) is 12.7. The van der Waals surface area contributed by atoms with Crippen molar-refractivity contribution in [3.8, 4) is 5.75 Å². The van der Waals surface area contributed by atoms with Crippen molar-refractivity contribution in [1.82, 2.24) is 14.8 Å². The van der Waals surface area contributed by atoms with Gasteiger partial charge in [-0.3, -0.25) is 0 Å². The Labute approximate surface area is 102 Å². The van der Waals surface area contributed by atoms with E-state index in [2.05, 4.69) is 10.2 Å². The maximum absolute atomic E-state index is 13.9. The molecule has 1 aliphatic heterocycles. The molecule has 1 aromatic heterocycles. The molecule has 2 heterocycles. The van der Waals surface area contributed by atoms with Crippen LogP contribution in [0.25, 0.3) is 0 Å². The summed E-state index contributed by atoms with van der Waals surface area (Å²) in [7, 11) is 1.38. The zero-order valence-electron chi connectivity index (χ0n) is 9.73. The van der Waals surface area contributed by atoms with Gasteiger partial charge in [-0.1, -0.05) is 0 Å². The molecule has 1 aliphatic rings. The number of hydrogen-bond acceptors (Lipinski definition) is 3. The number of ether oxygens (including phenoxy) is 1. The van der Waals surface area contributed by atoms with Crippen molar-refractivity contribution in [3.05, 3.63) is 41.5 Å². The van der Waals surface area contributed by atoms with Crippen LogP contribution in [-0.2, 0) is 13.0 Å². The molecule has 1 aromatic carbocycles. The number of hydrogen-bond donors (Lipinski definition) is 0. The van der Waals surface area contributed by atoms with Crippen molar-refractivity contribution in [3.63, 3.8) is 0 Å². The first-order valence-electron chi connectivity index (χ1n) is 5.58. The number of halogens is 2. The Bertz CT molecular complexity index is 553. The lowest BCUT2D eigenvalue weighted by molar-refractivity contribution is 0.403. The summed E-state index contributed by atoms with van der Waals surface area (Å²) in [6.07, 6.45) is 2.08. The van der Waals surface area contributed by atoms with Gasteiger partial charge in [0.05, 0.1) is 7.11 Å². The number of benzene rings is 1. The van der Waals surface area contributed by atoms with Gasteiger partial charge in [0.1, 0.15) is 29.5 Å². The summed E-state index contributed by atoms with van der Waals surface area (Å²) in [5, 5.41) is 7.66. The molecule has 0 amide bonds. The molecule has 6 heteroatoms. The molecule has 0 bridgehead atoms. The Morgan fingerprint density at radius 3 is 2.67 bits per heavy atom. The average molecular weight is 251 g/mol. The van der Waals surface area contributed by atoms with Crippen molar-refractivity contribution < 1.29 is 13.5 Å². The Hall–Kier alpha value is -1.98. The van der Waals surface area contributed by atoms with Crippen LogP contribution in [-0.4, -0.2) is 21.9 Å². The lowest BCUT2D eigenvalue weighted by Crippen LogP contribution is -2.07. The third-order valence-corrected chi connectivity index (χ3v) is 3.24. The molecule has 0 fully saturated rings. The molecule has 0 N–H and O–H groups in total. The maximum Gasteiger partial charge on any atom is 0.133 e. The quantitative estimate of drug-likeness (QED) is 0.818. The van der Waals surface area contributed by atoms with Crippen LogP contribution < -0.4 is 4.74 Å². The summed E-state index contributed by atoms with van der Waals surface area (Å²) in [5.74, 6) is -0.437. The van der Waals surface area contributed by atoms with Gasteiger partial charge in [0.2, 0.25) is 0 Å². The van der Waals surface area contributed by atoms with Crippen molar-refractivity contribution in [2.75, 3.05) is 7.11 Å². The van der Waals surface area contributed by atoms with Gasteiger partial charge in [0.15, 0.2) is 0 Å². The van der Waals surface area contributed by atoms with Gasteiger partial charge in [0, 0.05) is 36.6 Å². The van der Waals surface area contributed by atoms with E-state index in [1.165, 1.54) is 19.2 Å². The fourth-order valence-electron chi connectivity index (χ4n) is 2.37. The third kappa shape index (κ3) is 1.64. The van der Waals surface area contributed by atoms with Gasteiger partial charge in [-0.05, 0) is 0 Å². The van der Waals surface area contributed by atoms with E-state index in [1.807, 2.05) is 4.57 Å². The minimum atomic E-state index is -0.574. The molecule has 0 saturated carbocycles. The normalized spacial score (nSPS) is 17.8. The fourth-order valence-corrected chi connectivity index (χ4v) is 2.37. The number of methoxy groups -OCH3 is 1. The van der Waals surface area contributed by atoms with Gasteiger partial charge in [0.25, 0.3) is 0 Å². The van der Waals surface area contributed by atoms with Crippen LogP contribution in [0.1, 0.15) is 17.3 Å². The SMILES string of the molecule is COc1cc(F)c(C2Cc3nncn3C2)c(F)c1. The van der Waals surface area contributed by atoms with Crippen molar-refractivity contribution >= 4 is 0 Å². The highest BCUT2D eigenvalue weighted by Crippen LogP contribution is 2.33. The van der Waals surface area contributed by atoms with E-state index in [4.69, 9.17) is 4.74 Å². The van der Waals surface area contributed by atoms with Crippen LogP contribution >= 0.6 is 0 Å². The molecule has 2 aromatic rings. The maximum atomic E-state index is 13.9. The van der Waals surface area contributed by atoms with E-state index in [0.29, 0.717) is 13.0 Å². The van der Waals surface area contributed by atoms with Gasteiger partial charge >= 0.3 is 0 Å². The topological polar surface area (TPSA) is 39.9 Å². The van der Waals surface area contributed by atoms with Gasteiger partial charge in [-0.25, -0.2) is 8.78 Å². The molecule has 0 saturated heterocycles. The van der Waals surface area contributed by atoms with Crippen LogP contribution in [0.15, 0.2) is 18.5 Å². The Kier molecular flexibility index (Phi) is 2.50. The first-order chi connectivity index (χ1) is 8.69. The van der Waals surface area contributed by atoms with Crippen LogP contribution in [0.4, 0.5) is 8.78 Å². The first kappa shape index (κ1) is 11.1. The van der Waals surface area contributed by atoms with Gasteiger partial charge in [-0.15, -0.1) is 10.2 Å². The van der Waals surface area contributed by atoms with Gasteiger partial charge in [-0.2, -0.15) is 0 Å². The van der Waals surface area contributed by atoms with Crippen molar-refractivity contribution in [2.45, 2.75) is 18.9 Å². The number of aromatic nitrogens is 3. The molecule has 0 spiro atoms. The molecular formula is C12H11F2N3O. The smallest absolute Gasteiger partial charge is 0.133 e. The molecule has 4 nitrogen and oxygen atoms in total. The van der Waals surface area contributed by atoms with E-state index in [9.17, 15) is 8.78 Å². The number of fused-ring (bicyclic) bond motifs is 1. The molecule has 94 valence electrons. The number of nitrogens with zero attached hydrogens (tertiary/aromatic N) is 3. The van der Waals surface area contributed by atoms with Crippen molar-refractivity contribution in [2.24, 2.45) is 0 Å². The monoisotopic (exact) mass is 251 g/mol. The van der Waals surface area contributed by atoms with Crippen LogP contribution in [0.3, 0.4) is 0 Å². The van der Waals surface area contributed by atoms with Crippen LogP contribution in [0.2, 0.25) is 0 Å². The summed E-state index contributed by atoms with van der Waals surface area (Å²) in [5.41, 5.74) is 0.0984. The summed E-state index contributed by atoms with van der Waals surface area (Å²) in [6, 6.07) is 2.41. The minimum absolute atomic E-state index is 0.0984. The van der Waals surface area contributed by atoms with E-state index < -0.39 is 11.6 Å². The lowest BCUT2D eigenvalue weighted by atomic mass is 9.96. The highest BCUT2D eigenvalue weighted by Gasteiger charge is 2.29. The molecule has 3 rings (SSSR count). The predicted octanol–water partition coefficient (Wildman–Crippen LogP) is 1.90. The second kappa shape index (κ2) is 4.04. The Balaban J connectivity index is 1.97. The standard InChI is InChI=1S/C12H11F2N3O/c1-18-8-3-9(13)12(10(14)4-8)7-2-11-16-15-6-17(11)5-7/h3-4,6-7H,2,5H2,1H3. The fraction of sp³-hybridized carbons (Fsp3) is 0.333. The molecule has 0 aliphatic carbocycles. The molecule has 18 heavy (non-hydrogen) atoms. The second-order valence-electron chi connectivity index (χ2n) is 4.31. The van der Waals surface area contributed by atoms with Crippen molar-refractivity contribution in [1.29, 1.82) is 0 Å². The number of rotatable bonds is 2. The van der Waals surface area contributed by atoms with Crippen LogP contribution in [0.5, 0.6) is 5.75 Å².